The molecule has 1 amide bonds. The van der Waals surface area contributed by atoms with Gasteiger partial charge >= 0.3 is 5.97 Å². The van der Waals surface area contributed by atoms with E-state index in [1.54, 1.807) is 25.3 Å². The number of carboxylic acid groups (broad SMARTS) is 1. The summed E-state index contributed by atoms with van der Waals surface area (Å²) in [6.45, 7) is 13.0. The van der Waals surface area contributed by atoms with Crippen LogP contribution in [0.15, 0.2) is 47.4 Å². The van der Waals surface area contributed by atoms with Crippen LogP contribution in [0, 0.1) is 39.4 Å². The minimum absolute atomic E-state index is 0.0211. The number of carbonyl (C=O) groups is 2. The number of aromatic nitrogens is 1. The van der Waals surface area contributed by atoms with Crippen molar-refractivity contribution in [3.63, 3.8) is 0 Å². The number of carboxylic acids is 1. The summed E-state index contributed by atoms with van der Waals surface area (Å²) in [5, 5.41) is 12.6. The topological polar surface area (TPSA) is 91.6 Å². The van der Waals surface area contributed by atoms with Gasteiger partial charge in [-0.2, -0.15) is 0 Å². The van der Waals surface area contributed by atoms with Crippen LogP contribution in [0.5, 0.6) is 0 Å². The molecule has 4 rings (SSSR count). The van der Waals surface area contributed by atoms with Crippen molar-refractivity contribution >= 4 is 11.9 Å². The van der Waals surface area contributed by atoms with Gasteiger partial charge < -0.3 is 19.9 Å². The predicted molar refractivity (Wildman–Crippen MR) is 173 cm³/mol. The third-order valence-corrected chi connectivity index (χ3v) is 8.76. The van der Waals surface area contributed by atoms with E-state index in [2.05, 4.69) is 10.2 Å². The van der Waals surface area contributed by atoms with Gasteiger partial charge in [-0.3, -0.25) is 14.4 Å². The van der Waals surface area contributed by atoms with Crippen LogP contribution in [0.25, 0.3) is 11.1 Å². The average Bonchev–Trinajstić information content (AvgIpc) is 3.37. The highest BCUT2D eigenvalue weighted by molar-refractivity contribution is 5.82. The van der Waals surface area contributed by atoms with Crippen molar-refractivity contribution in [2.75, 3.05) is 19.6 Å². The SMILES string of the molecule is Cc1cc(=O)n(C(CC(C)C)C(=O)N[C@@H](CC(=O)O)c2cc(-c3c(C)cccc3C)cc(C)c2F)cc1CCN1CCC(F)C1. The number of alkyl halides is 1. The van der Waals surface area contributed by atoms with E-state index in [1.165, 1.54) is 10.6 Å². The fourth-order valence-electron chi connectivity index (χ4n) is 6.40. The summed E-state index contributed by atoms with van der Waals surface area (Å²) in [5.41, 5.74) is 5.39. The first-order valence-corrected chi connectivity index (χ1v) is 15.7. The molecule has 2 aromatic carbocycles. The largest absolute Gasteiger partial charge is 0.481 e. The van der Waals surface area contributed by atoms with Gasteiger partial charge in [-0.1, -0.05) is 32.0 Å². The van der Waals surface area contributed by atoms with Crippen molar-refractivity contribution in [2.24, 2.45) is 5.92 Å². The van der Waals surface area contributed by atoms with Gasteiger partial charge in [0.2, 0.25) is 5.91 Å². The van der Waals surface area contributed by atoms with Crippen LogP contribution < -0.4 is 10.9 Å². The van der Waals surface area contributed by atoms with Gasteiger partial charge in [0.05, 0.1) is 12.5 Å². The average molecular weight is 622 g/mol. The predicted octanol–water partition coefficient (Wildman–Crippen LogP) is 6.39. The van der Waals surface area contributed by atoms with Gasteiger partial charge in [-0.05, 0) is 104 Å². The third-order valence-electron chi connectivity index (χ3n) is 8.76. The van der Waals surface area contributed by atoms with Crippen LogP contribution in [0.4, 0.5) is 8.78 Å². The Morgan fingerprint density at radius 2 is 1.73 bits per heavy atom. The zero-order valence-corrected chi connectivity index (χ0v) is 27.1. The Kier molecular flexibility index (Phi) is 11.0. The second-order valence-electron chi connectivity index (χ2n) is 12.9. The number of hydrogen-bond acceptors (Lipinski definition) is 4. The van der Waals surface area contributed by atoms with E-state index in [4.69, 9.17) is 0 Å². The molecule has 2 unspecified atom stereocenters. The molecular formula is C36H45F2N3O4. The van der Waals surface area contributed by atoms with Crippen molar-refractivity contribution in [1.29, 1.82) is 0 Å². The first-order valence-electron chi connectivity index (χ1n) is 15.7. The lowest BCUT2D eigenvalue weighted by Gasteiger charge is -2.26. The number of pyridine rings is 1. The van der Waals surface area contributed by atoms with E-state index in [0.717, 1.165) is 33.4 Å². The Morgan fingerprint density at radius 3 is 2.33 bits per heavy atom. The summed E-state index contributed by atoms with van der Waals surface area (Å²) >= 11 is 0. The van der Waals surface area contributed by atoms with Crippen LogP contribution >= 0.6 is 0 Å². The summed E-state index contributed by atoms with van der Waals surface area (Å²) in [4.78, 5) is 41.4. The molecule has 2 N–H and O–H groups in total. The molecule has 0 saturated carbocycles. The zero-order valence-electron chi connectivity index (χ0n) is 27.1. The molecule has 0 spiro atoms. The van der Waals surface area contributed by atoms with Crippen molar-refractivity contribution < 1.29 is 23.5 Å². The van der Waals surface area contributed by atoms with Gasteiger partial charge in [-0.25, -0.2) is 8.78 Å². The molecule has 3 atom stereocenters. The van der Waals surface area contributed by atoms with Crippen molar-refractivity contribution in [3.8, 4) is 11.1 Å². The lowest BCUT2D eigenvalue weighted by Crippen LogP contribution is -2.40. The molecule has 1 fully saturated rings. The number of nitrogens with one attached hydrogen (secondary N) is 1. The molecular weight excluding hydrogens is 576 g/mol. The van der Waals surface area contributed by atoms with Crippen LogP contribution in [0.2, 0.25) is 0 Å². The zero-order chi connectivity index (χ0) is 33.0. The molecule has 0 aliphatic carbocycles. The quantitative estimate of drug-likeness (QED) is 0.245. The van der Waals surface area contributed by atoms with Gasteiger partial charge in [-0.15, -0.1) is 0 Å². The molecule has 45 heavy (non-hydrogen) atoms. The van der Waals surface area contributed by atoms with Crippen LogP contribution in [-0.4, -0.2) is 52.3 Å². The van der Waals surface area contributed by atoms with Crippen LogP contribution in [0.1, 0.15) is 78.6 Å². The van der Waals surface area contributed by atoms with Crippen molar-refractivity contribution in [2.45, 2.75) is 85.5 Å². The van der Waals surface area contributed by atoms with E-state index in [-0.39, 0.29) is 17.0 Å². The van der Waals surface area contributed by atoms with Crippen molar-refractivity contribution in [3.05, 3.63) is 92.1 Å². The number of likely N-dealkylation sites (tertiary alicyclic amines) is 1. The first kappa shape index (κ1) is 34.0. The lowest BCUT2D eigenvalue weighted by molar-refractivity contribution is -0.138. The molecule has 0 radical (unpaired) electrons. The van der Waals surface area contributed by atoms with Crippen LogP contribution in [0.3, 0.4) is 0 Å². The maximum Gasteiger partial charge on any atom is 0.305 e. The van der Waals surface area contributed by atoms with Gasteiger partial charge in [0.25, 0.3) is 5.56 Å². The van der Waals surface area contributed by atoms with E-state index in [9.17, 15) is 23.9 Å². The van der Waals surface area contributed by atoms with Crippen molar-refractivity contribution in [1.82, 2.24) is 14.8 Å². The molecule has 1 aliphatic heterocycles. The molecule has 0 bridgehead atoms. The maximum absolute atomic E-state index is 15.8. The number of aryl methyl sites for hydroxylation is 4. The molecule has 9 heteroatoms. The third kappa shape index (κ3) is 8.25. The summed E-state index contributed by atoms with van der Waals surface area (Å²) in [6, 6.07) is 8.62. The van der Waals surface area contributed by atoms with Gasteiger partial charge in [0.15, 0.2) is 0 Å². The number of nitrogens with zero attached hydrogens (tertiary/aromatic N) is 2. The molecule has 7 nitrogen and oxygen atoms in total. The standard InChI is InChI=1S/C36H45F2N3O4/c1-21(2)14-31(41-19-26(24(5)16-32(41)42)10-12-40-13-11-28(37)20-40)36(45)39-30(18-33(43)44)29-17-27(15-25(6)35(29)38)34-22(3)8-7-9-23(34)4/h7-9,15-17,19,21,28,30-31H,10-14,18,20H2,1-6H3,(H,39,45)(H,43,44)/t28?,30-,31?/m0/s1. The summed E-state index contributed by atoms with van der Waals surface area (Å²) in [5.74, 6) is -2.31. The lowest BCUT2D eigenvalue weighted by atomic mass is 9.90. The number of aliphatic carboxylic acids is 1. The monoisotopic (exact) mass is 621 g/mol. The number of carbonyl (C=O) groups excluding carboxylic acids is 1. The normalized spacial score (nSPS) is 16.6. The summed E-state index contributed by atoms with van der Waals surface area (Å²) < 4.78 is 30.9. The number of rotatable bonds is 12. The minimum Gasteiger partial charge on any atom is -0.481 e. The molecule has 242 valence electrons. The van der Waals surface area contributed by atoms with E-state index >= 15 is 4.39 Å². The molecule has 1 saturated heterocycles. The number of halogens is 2. The van der Waals surface area contributed by atoms with E-state index in [0.29, 0.717) is 44.5 Å². The Hall–Kier alpha value is -3.85. The highest BCUT2D eigenvalue weighted by Gasteiger charge is 2.30. The maximum atomic E-state index is 15.8. The molecule has 1 aliphatic rings. The fourth-order valence-corrected chi connectivity index (χ4v) is 6.40. The van der Waals surface area contributed by atoms with E-state index in [1.807, 2.05) is 52.8 Å². The molecule has 3 aromatic rings. The van der Waals surface area contributed by atoms with Gasteiger partial charge in [0, 0.05) is 37.5 Å². The summed E-state index contributed by atoms with van der Waals surface area (Å²) in [7, 11) is 0. The Bertz CT molecular complexity index is 1600. The highest BCUT2D eigenvalue weighted by atomic mass is 19.1. The smallest absolute Gasteiger partial charge is 0.305 e. The Balaban J connectivity index is 1.70. The van der Waals surface area contributed by atoms with Gasteiger partial charge in [0.1, 0.15) is 18.0 Å². The van der Waals surface area contributed by atoms with E-state index < -0.39 is 42.4 Å². The second kappa shape index (κ2) is 14.5. The van der Waals surface area contributed by atoms with Crippen LogP contribution in [-0.2, 0) is 16.0 Å². The number of amides is 1. The first-order chi connectivity index (χ1) is 21.2. The number of hydrogen-bond donors (Lipinski definition) is 2. The molecule has 2 heterocycles. The number of benzene rings is 2. The summed E-state index contributed by atoms with van der Waals surface area (Å²) in [6.07, 6.45) is 1.76. The highest BCUT2D eigenvalue weighted by Crippen LogP contribution is 2.33. The Morgan fingerprint density at radius 1 is 1.04 bits per heavy atom. The second-order valence-corrected chi connectivity index (χ2v) is 12.9. The minimum atomic E-state index is -1.19. The molecule has 1 aromatic heterocycles. The Labute approximate surface area is 264 Å². The fraction of sp³-hybridized carbons (Fsp3) is 0.472.